The van der Waals surface area contributed by atoms with E-state index in [2.05, 4.69) is 17.6 Å². The minimum atomic E-state index is -0.635. The summed E-state index contributed by atoms with van der Waals surface area (Å²) in [4.78, 5) is 38.5. The van der Waals surface area contributed by atoms with Crippen molar-refractivity contribution < 1.29 is 19.1 Å². The van der Waals surface area contributed by atoms with E-state index < -0.39 is 6.04 Å². The average molecular weight is 496 g/mol. The van der Waals surface area contributed by atoms with E-state index in [1.807, 2.05) is 6.92 Å². The molecule has 1 fully saturated rings. The second-order valence-electron chi connectivity index (χ2n) is 10.0. The van der Waals surface area contributed by atoms with Crippen LogP contribution < -0.4 is 10.6 Å². The first-order chi connectivity index (χ1) is 17.1. The smallest absolute Gasteiger partial charge is 0.307 e. The van der Waals surface area contributed by atoms with Gasteiger partial charge in [-0.25, -0.2) is 0 Å². The lowest BCUT2D eigenvalue weighted by molar-refractivity contribution is -0.149. The fourth-order valence-corrected chi connectivity index (χ4v) is 4.51. The molecule has 35 heavy (non-hydrogen) atoms. The van der Waals surface area contributed by atoms with Gasteiger partial charge in [0.1, 0.15) is 6.04 Å². The lowest BCUT2D eigenvalue weighted by Gasteiger charge is -2.33. The Morgan fingerprint density at radius 1 is 0.857 bits per heavy atom. The van der Waals surface area contributed by atoms with Gasteiger partial charge in [0.05, 0.1) is 19.6 Å². The number of ether oxygens (including phenoxy) is 1. The van der Waals surface area contributed by atoms with Crippen molar-refractivity contribution in [2.45, 2.75) is 129 Å². The first-order valence-corrected chi connectivity index (χ1v) is 14.5. The number of nitrogens with one attached hydrogen (secondary N) is 2. The molecule has 0 aromatic heterocycles. The Morgan fingerprint density at radius 3 is 1.97 bits per heavy atom. The topological polar surface area (TPSA) is 87.7 Å². The van der Waals surface area contributed by atoms with E-state index in [9.17, 15) is 14.4 Å². The van der Waals surface area contributed by atoms with Crippen molar-refractivity contribution in [3.05, 3.63) is 0 Å². The number of hydrogen-bond acceptors (Lipinski definition) is 5. The Morgan fingerprint density at radius 2 is 1.40 bits per heavy atom. The summed E-state index contributed by atoms with van der Waals surface area (Å²) in [6, 6.07) is -0.635. The van der Waals surface area contributed by atoms with Gasteiger partial charge in [-0.15, -0.1) is 0 Å². The summed E-state index contributed by atoms with van der Waals surface area (Å²) in [5, 5.41) is 5.76. The summed E-state index contributed by atoms with van der Waals surface area (Å²) in [6.45, 7) is 6.53. The quantitative estimate of drug-likeness (QED) is 0.161. The van der Waals surface area contributed by atoms with Crippen molar-refractivity contribution in [3.8, 4) is 0 Å². The van der Waals surface area contributed by atoms with E-state index in [4.69, 9.17) is 4.74 Å². The molecule has 1 heterocycles. The van der Waals surface area contributed by atoms with Crippen molar-refractivity contribution in [1.82, 2.24) is 15.5 Å². The largest absolute Gasteiger partial charge is 0.466 e. The van der Waals surface area contributed by atoms with Gasteiger partial charge in [-0.05, 0) is 12.8 Å². The number of amides is 2. The summed E-state index contributed by atoms with van der Waals surface area (Å²) in [5.41, 5.74) is 0. The number of carbonyl (C=O) groups excluding carboxylic acids is 3. The molecule has 0 aromatic carbocycles. The van der Waals surface area contributed by atoms with Crippen molar-refractivity contribution >= 4 is 17.8 Å². The Kier molecular flexibility index (Phi) is 19.4. The van der Waals surface area contributed by atoms with Crippen molar-refractivity contribution in [3.63, 3.8) is 0 Å². The second-order valence-corrected chi connectivity index (χ2v) is 10.0. The number of carbonyl (C=O) groups is 3. The second kappa shape index (κ2) is 21.6. The van der Waals surface area contributed by atoms with E-state index in [0.717, 1.165) is 25.7 Å². The van der Waals surface area contributed by atoms with E-state index in [1.54, 1.807) is 4.90 Å². The Bertz CT molecular complexity index is 570. The predicted octanol–water partition coefficient (Wildman–Crippen LogP) is 5.12. The number of nitrogens with zero attached hydrogens (tertiary/aromatic N) is 1. The predicted molar refractivity (Wildman–Crippen MR) is 142 cm³/mol. The van der Waals surface area contributed by atoms with Crippen LogP contribution in [0.25, 0.3) is 0 Å². The van der Waals surface area contributed by atoms with Crippen molar-refractivity contribution in [2.24, 2.45) is 0 Å². The molecule has 0 aliphatic carbocycles. The minimum absolute atomic E-state index is 0.0121. The van der Waals surface area contributed by atoms with Gasteiger partial charge >= 0.3 is 5.97 Å². The first-order valence-electron chi connectivity index (χ1n) is 14.5. The van der Waals surface area contributed by atoms with E-state index in [1.165, 1.54) is 77.0 Å². The van der Waals surface area contributed by atoms with Gasteiger partial charge in [0.2, 0.25) is 11.8 Å². The normalized spacial score (nSPS) is 16.2. The fourth-order valence-electron chi connectivity index (χ4n) is 4.51. The van der Waals surface area contributed by atoms with Crippen LogP contribution in [0.5, 0.6) is 0 Å². The third kappa shape index (κ3) is 16.6. The number of rotatable bonds is 22. The van der Waals surface area contributed by atoms with Crippen molar-refractivity contribution in [1.29, 1.82) is 0 Å². The number of hydrogen-bond donors (Lipinski definition) is 2. The zero-order valence-electron chi connectivity index (χ0n) is 22.7. The monoisotopic (exact) mass is 495 g/mol. The molecule has 2 N–H and O–H groups in total. The summed E-state index contributed by atoms with van der Waals surface area (Å²) in [5.74, 6) is -0.671. The third-order valence-electron chi connectivity index (χ3n) is 6.76. The molecule has 1 aliphatic heterocycles. The minimum Gasteiger partial charge on any atom is -0.466 e. The lowest BCUT2D eigenvalue weighted by Crippen LogP contribution is -2.58. The maximum atomic E-state index is 12.4. The van der Waals surface area contributed by atoms with Gasteiger partial charge in [-0.3, -0.25) is 19.3 Å². The molecule has 2 amide bonds. The van der Waals surface area contributed by atoms with Crippen LogP contribution in [0.3, 0.4) is 0 Å². The average Bonchev–Trinajstić information content (AvgIpc) is 2.84. The molecule has 1 aliphatic rings. The fraction of sp³-hybridized carbons (Fsp3) is 0.893. The number of esters is 1. The molecule has 1 atom stereocenters. The zero-order valence-corrected chi connectivity index (χ0v) is 22.7. The zero-order chi connectivity index (χ0) is 25.6. The van der Waals surface area contributed by atoms with Crippen LogP contribution in [0, 0.1) is 0 Å². The molecule has 0 bridgehead atoms. The summed E-state index contributed by atoms with van der Waals surface area (Å²) in [7, 11) is 0. The molecular weight excluding hydrogens is 442 g/mol. The first kappa shape index (κ1) is 31.4. The molecule has 1 saturated heterocycles. The molecule has 0 spiro atoms. The molecule has 0 aromatic rings. The van der Waals surface area contributed by atoms with Gasteiger partial charge in [-0.1, -0.05) is 104 Å². The summed E-state index contributed by atoms with van der Waals surface area (Å²) >= 11 is 0. The maximum absolute atomic E-state index is 12.4. The molecular formula is C28H53N3O4. The molecule has 1 unspecified atom stereocenters. The number of piperazine rings is 1. The Balaban J connectivity index is 2.05. The van der Waals surface area contributed by atoms with Crippen LogP contribution in [-0.2, 0) is 19.1 Å². The molecule has 0 saturated carbocycles. The third-order valence-corrected chi connectivity index (χ3v) is 6.76. The molecule has 7 nitrogen and oxygen atoms in total. The van der Waals surface area contributed by atoms with E-state index in [0.29, 0.717) is 26.2 Å². The van der Waals surface area contributed by atoms with Crippen LogP contribution in [0.15, 0.2) is 0 Å². The molecule has 7 heteroatoms. The van der Waals surface area contributed by atoms with Gasteiger partial charge in [0.15, 0.2) is 0 Å². The van der Waals surface area contributed by atoms with Gasteiger partial charge in [0, 0.05) is 19.6 Å². The lowest BCUT2D eigenvalue weighted by atomic mass is 10.0. The highest BCUT2D eigenvalue weighted by Gasteiger charge is 2.33. The summed E-state index contributed by atoms with van der Waals surface area (Å²) in [6.07, 6.45) is 20.1. The van der Waals surface area contributed by atoms with Crippen LogP contribution >= 0.6 is 0 Å². The Hall–Kier alpha value is -1.63. The van der Waals surface area contributed by atoms with Crippen LogP contribution in [-0.4, -0.2) is 61.5 Å². The van der Waals surface area contributed by atoms with Crippen LogP contribution in [0.1, 0.15) is 123 Å². The maximum Gasteiger partial charge on any atom is 0.307 e. The highest BCUT2D eigenvalue weighted by atomic mass is 16.5. The number of unbranched alkanes of at least 4 members (excludes halogenated alkanes) is 14. The van der Waals surface area contributed by atoms with Crippen LogP contribution in [0.2, 0.25) is 0 Å². The molecule has 1 rings (SSSR count). The standard InChI is InChI=1S/C28H53N3O4/c1-3-5-7-8-9-10-11-12-13-14-15-16-17-18-19-29-26(32)24-31-21-20-30-28(34)25(31)23-27(33)35-22-6-4-2/h25H,3-24H2,1-2H3,(H,29,32)(H,30,34). The van der Waals surface area contributed by atoms with Gasteiger partial charge in [-0.2, -0.15) is 0 Å². The van der Waals surface area contributed by atoms with Gasteiger partial charge < -0.3 is 15.4 Å². The van der Waals surface area contributed by atoms with Crippen molar-refractivity contribution in [2.75, 3.05) is 32.8 Å². The molecule has 0 radical (unpaired) electrons. The van der Waals surface area contributed by atoms with Crippen LogP contribution in [0.4, 0.5) is 0 Å². The highest BCUT2D eigenvalue weighted by Crippen LogP contribution is 2.13. The summed E-state index contributed by atoms with van der Waals surface area (Å²) < 4.78 is 5.20. The SMILES string of the molecule is CCCCCCCCCCCCCCCCNC(=O)CN1CCNC(=O)C1CC(=O)OCCCC. The van der Waals surface area contributed by atoms with E-state index >= 15 is 0 Å². The van der Waals surface area contributed by atoms with E-state index in [-0.39, 0.29) is 30.7 Å². The van der Waals surface area contributed by atoms with Gasteiger partial charge in [0.25, 0.3) is 0 Å². The Labute approximate surface area is 214 Å². The highest BCUT2D eigenvalue weighted by molar-refractivity contribution is 5.88. The molecule has 204 valence electrons.